The molecule has 1 heterocycles. The first-order valence-electron chi connectivity index (χ1n) is 7.22. The molecule has 104 valence electrons. The highest BCUT2D eigenvalue weighted by atomic mass is 16.5. The van der Waals surface area contributed by atoms with Crippen molar-refractivity contribution in [2.75, 3.05) is 7.11 Å². The van der Waals surface area contributed by atoms with E-state index in [1.807, 2.05) is 12.1 Å². The minimum absolute atomic E-state index is 0.856. The summed E-state index contributed by atoms with van der Waals surface area (Å²) in [5.74, 6) is 0.856. The molecule has 0 unspecified atom stereocenters. The van der Waals surface area contributed by atoms with Crippen molar-refractivity contribution in [3.05, 3.63) is 54.9 Å². The molecule has 0 fully saturated rings. The van der Waals surface area contributed by atoms with Crippen LogP contribution in [0.3, 0.4) is 0 Å². The first kappa shape index (κ1) is 11.7. The Morgan fingerprint density at radius 2 is 1.59 bits per heavy atom. The van der Waals surface area contributed by atoms with E-state index in [0.717, 1.165) is 27.6 Å². The van der Waals surface area contributed by atoms with E-state index in [9.17, 15) is 0 Å². The predicted molar refractivity (Wildman–Crippen MR) is 89.8 cm³/mol. The first-order valence-corrected chi connectivity index (χ1v) is 7.22. The van der Waals surface area contributed by atoms with Crippen LogP contribution in [0.5, 0.6) is 5.75 Å². The molecule has 1 aromatic heterocycles. The lowest BCUT2D eigenvalue weighted by Crippen LogP contribution is -1.93. The van der Waals surface area contributed by atoms with Crippen molar-refractivity contribution in [2.24, 2.45) is 0 Å². The Morgan fingerprint density at radius 1 is 0.773 bits per heavy atom. The van der Waals surface area contributed by atoms with Crippen molar-refractivity contribution in [3.8, 4) is 5.75 Å². The van der Waals surface area contributed by atoms with E-state index >= 15 is 0 Å². The standard InChI is InChI=1S/C19H12N2O/c1-22-15-9-8-11-4-2-5-12-13-6-3-7-14-17(13)19(21-10-20-14)18(15)16(11)12/h2-10H,1H3. The summed E-state index contributed by atoms with van der Waals surface area (Å²) in [6, 6.07) is 16.7. The molecule has 5 rings (SSSR count). The Kier molecular flexibility index (Phi) is 2.15. The summed E-state index contributed by atoms with van der Waals surface area (Å²) in [5.41, 5.74) is 1.93. The van der Waals surface area contributed by atoms with Gasteiger partial charge in [-0.1, -0.05) is 36.4 Å². The molecule has 0 spiro atoms. The van der Waals surface area contributed by atoms with Gasteiger partial charge < -0.3 is 4.74 Å². The van der Waals surface area contributed by atoms with Gasteiger partial charge in [0.1, 0.15) is 12.1 Å². The minimum Gasteiger partial charge on any atom is -0.496 e. The zero-order valence-corrected chi connectivity index (χ0v) is 12.0. The summed E-state index contributed by atoms with van der Waals surface area (Å²) in [6.45, 7) is 0. The highest BCUT2D eigenvalue weighted by Crippen LogP contribution is 2.42. The molecule has 0 N–H and O–H groups in total. The molecule has 0 saturated carbocycles. The number of ether oxygens (including phenoxy) is 1. The van der Waals surface area contributed by atoms with Gasteiger partial charge in [-0.05, 0) is 28.3 Å². The second kappa shape index (κ2) is 4.04. The molecular formula is C19H12N2O. The van der Waals surface area contributed by atoms with Gasteiger partial charge >= 0.3 is 0 Å². The zero-order chi connectivity index (χ0) is 14.7. The summed E-state index contributed by atoms with van der Waals surface area (Å²) in [7, 11) is 1.71. The van der Waals surface area contributed by atoms with E-state index < -0.39 is 0 Å². The van der Waals surface area contributed by atoms with E-state index in [1.54, 1.807) is 13.4 Å². The molecule has 0 aliphatic carbocycles. The average Bonchev–Trinajstić information content (AvgIpc) is 2.59. The fourth-order valence-electron chi connectivity index (χ4n) is 3.51. The number of benzene rings is 4. The van der Waals surface area contributed by atoms with Crippen LogP contribution >= 0.6 is 0 Å². The fraction of sp³-hybridized carbons (Fsp3) is 0.0526. The molecule has 5 aromatic rings. The van der Waals surface area contributed by atoms with Crippen LogP contribution in [-0.2, 0) is 0 Å². The van der Waals surface area contributed by atoms with Crippen LogP contribution in [0.25, 0.3) is 43.4 Å². The smallest absolute Gasteiger partial charge is 0.128 e. The zero-order valence-electron chi connectivity index (χ0n) is 12.0. The van der Waals surface area contributed by atoms with Crippen molar-refractivity contribution >= 4 is 43.4 Å². The monoisotopic (exact) mass is 284 g/mol. The largest absolute Gasteiger partial charge is 0.496 e. The van der Waals surface area contributed by atoms with Gasteiger partial charge in [0.15, 0.2) is 0 Å². The summed E-state index contributed by atoms with van der Waals surface area (Å²) in [6.07, 6.45) is 1.63. The van der Waals surface area contributed by atoms with Gasteiger partial charge in [0, 0.05) is 10.8 Å². The van der Waals surface area contributed by atoms with Crippen LogP contribution in [0.15, 0.2) is 54.9 Å². The van der Waals surface area contributed by atoms with Crippen LogP contribution in [0.2, 0.25) is 0 Å². The molecule has 22 heavy (non-hydrogen) atoms. The van der Waals surface area contributed by atoms with Crippen LogP contribution in [-0.4, -0.2) is 17.1 Å². The molecule has 3 nitrogen and oxygen atoms in total. The molecule has 0 aliphatic rings. The molecule has 0 amide bonds. The van der Waals surface area contributed by atoms with E-state index in [4.69, 9.17) is 4.74 Å². The van der Waals surface area contributed by atoms with Gasteiger partial charge in [-0.15, -0.1) is 0 Å². The number of hydrogen-bond acceptors (Lipinski definition) is 3. The van der Waals surface area contributed by atoms with Gasteiger partial charge in [-0.2, -0.15) is 0 Å². The summed E-state index contributed by atoms with van der Waals surface area (Å²) < 4.78 is 5.62. The predicted octanol–water partition coefficient (Wildman–Crippen LogP) is 4.54. The first-order chi connectivity index (χ1) is 10.9. The Labute approximate surface area is 126 Å². The van der Waals surface area contributed by atoms with E-state index in [-0.39, 0.29) is 0 Å². The highest BCUT2D eigenvalue weighted by Gasteiger charge is 2.16. The van der Waals surface area contributed by atoms with Gasteiger partial charge in [0.25, 0.3) is 0 Å². The number of methoxy groups -OCH3 is 1. The van der Waals surface area contributed by atoms with Crippen molar-refractivity contribution in [2.45, 2.75) is 0 Å². The topological polar surface area (TPSA) is 35.0 Å². The third-order valence-corrected chi connectivity index (χ3v) is 4.42. The van der Waals surface area contributed by atoms with Crippen molar-refractivity contribution in [1.29, 1.82) is 0 Å². The molecule has 0 bridgehead atoms. The summed E-state index contributed by atoms with van der Waals surface area (Å²) in [4.78, 5) is 9.00. The van der Waals surface area contributed by atoms with Gasteiger partial charge in [0.05, 0.1) is 23.5 Å². The van der Waals surface area contributed by atoms with E-state index in [0.29, 0.717) is 0 Å². The van der Waals surface area contributed by atoms with Crippen molar-refractivity contribution < 1.29 is 4.74 Å². The minimum atomic E-state index is 0.856. The Bertz CT molecular complexity index is 1160. The maximum atomic E-state index is 5.62. The number of hydrogen-bond donors (Lipinski definition) is 0. The lowest BCUT2D eigenvalue weighted by atomic mass is 9.93. The van der Waals surface area contributed by atoms with Crippen molar-refractivity contribution in [3.63, 3.8) is 0 Å². The Morgan fingerprint density at radius 3 is 2.45 bits per heavy atom. The van der Waals surface area contributed by atoms with Gasteiger partial charge in [-0.3, -0.25) is 0 Å². The fourth-order valence-corrected chi connectivity index (χ4v) is 3.51. The number of fused-ring (bicyclic) bond motifs is 2. The second-order valence-electron chi connectivity index (χ2n) is 5.47. The summed E-state index contributed by atoms with van der Waals surface area (Å²) in [5, 5.41) is 7.00. The maximum Gasteiger partial charge on any atom is 0.128 e. The lowest BCUT2D eigenvalue weighted by Gasteiger charge is -2.15. The van der Waals surface area contributed by atoms with Crippen LogP contribution in [0.1, 0.15) is 0 Å². The van der Waals surface area contributed by atoms with Crippen LogP contribution in [0.4, 0.5) is 0 Å². The second-order valence-corrected chi connectivity index (χ2v) is 5.47. The molecular weight excluding hydrogens is 272 g/mol. The Hall–Kier alpha value is -2.94. The molecule has 3 heteroatoms. The number of aromatic nitrogens is 2. The lowest BCUT2D eigenvalue weighted by molar-refractivity contribution is 0.420. The van der Waals surface area contributed by atoms with Gasteiger partial charge in [-0.25, -0.2) is 9.97 Å². The molecule has 0 aliphatic heterocycles. The quantitative estimate of drug-likeness (QED) is 0.335. The SMILES string of the molecule is COc1ccc2cccc3c4cccc5ncnc(c1c23)c54. The number of nitrogens with zero attached hydrogens (tertiary/aromatic N) is 2. The molecule has 4 aromatic carbocycles. The third-order valence-electron chi connectivity index (χ3n) is 4.42. The average molecular weight is 284 g/mol. The van der Waals surface area contributed by atoms with Crippen LogP contribution < -0.4 is 4.74 Å². The number of rotatable bonds is 1. The van der Waals surface area contributed by atoms with Gasteiger partial charge in [0.2, 0.25) is 0 Å². The third kappa shape index (κ3) is 1.31. The maximum absolute atomic E-state index is 5.62. The van der Waals surface area contributed by atoms with Crippen LogP contribution in [0, 0.1) is 0 Å². The molecule has 0 saturated heterocycles. The normalized spacial score (nSPS) is 11.9. The molecule has 0 radical (unpaired) electrons. The van der Waals surface area contributed by atoms with E-state index in [1.165, 1.54) is 21.5 Å². The summed E-state index contributed by atoms with van der Waals surface area (Å²) >= 11 is 0. The highest BCUT2D eigenvalue weighted by molar-refractivity contribution is 6.32. The molecule has 0 atom stereocenters. The Balaban J connectivity index is 2.28. The van der Waals surface area contributed by atoms with E-state index in [2.05, 4.69) is 46.4 Å². The van der Waals surface area contributed by atoms with Crippen molar-refractivity contribution in [1.82, 2.24) is 9.97 Å².